The molecule has 0 bridgehead atoms. The number of carbonyl (C=O) groups is 2. The van der Waals surface area contributed by atoms with Gasteiger partial charge in [-0.25, -0.2) is 0 Å². The maximum Gasteiger partial charge on any atom is 0.307 e. The van der Waals surface area contributed by atoms with Crippen LogP contribution in [0.3, 0.4) is 0 Å². The van der Waals surface area contributed by atoms with E-state index in [2.05, 4.69) is 21.2 Å². The predicted molar refractivity (Wildman–Crippen MR) is 79.7 cm³/mol. The number of nitrogens with one attached hydrogen (secondary N) is 1. The molecule has 108 valence electrons. The normalized spacial score (nSPS) is 19.0. The van der Waals surface area contributed by atoms with E-state index in [0.29, 0.717) is 19.5 Å². The van der Waals surface area contributed by atoms with Crippen molar-refractivity contribution >= 4 is 33.5 Å². The molecule has 0 saturated carbocycles. The van der Waals surface area contributed by atoms with E-state index >= 15 is 0 Å². The summed E-state index contributed by atoms with van der Waals surface area (Å²) in [5, 5.41) is 11.8. The van der Waals surface area contributed by atoms with Crippen molar-refractivity contribution in [1.82, 2.24) is 4.90 Å². The van der Waals surface area contributed by atoms with Crippen LogP contribution < -0.4 is 5.32 Å². The van der Waals surface area contributed by atoms with Crippen molar-refractivity contribution in [2.75, 3.05) is 25.0 Å². The first kappa shape index (κ1) is 15.0. The minimum absolute atomic E-state index is 0.110. The lowest BCUT2D eigenvalue weighted by molar-refractivity contribution is -0.141. The maximum absolute atomic E-state index is 12.0. The summed E-state index contributed by atoms with van der Waals surface area (Å²) in [6, 6.07) is 5.66. The first-order chi connectivity index (χ1) is 9.45. The molecule has 0 radical (unpaired) electrons. The molecule has 1 atom stereocenters. The second-order valence-corrected chi connectivity index (χ2v) is 5.98. The van der Waals surface area contributed by atoms with E-state index in [1.807, 2.05) is 30.0 Å². The van der Waals surface area contributed by atoms with Gasteiger partial charge in [0, 0.05) is 16.7 Å². The number of carboxylic acids is 1. The van der Waals surface area contributed by atoms with E-state index in [4.69, 9.17) is 5.11 Å². The highest BCUT2D eigenvalue weighted by atomic mass is 79.9. The van der Waals surface area contributed by atoms with Gasteiger partial charge >= 0.3 is 5.97 Å². The Morgan fingerprint density at radius 1 is 1.50 bits per heavy atom. The van der Waals surface area contributed by atoms with Crippen LogP contribution in [0.25, 0.3) is 0 Å². The number of carboxylic acid groups (broad SMARTS) is 1. The molecule has 6 heteroatoms. The second-order valence-electron chi connectivity index (χ2n) is 5.07. The topological polar surface area (TPSA) is 69.6 Å². The number of amides is 1. The van der Waals surface area contributed by atoms with Gasteiger partial charge in [-0.3, -0.25) is 14.5 Å². The van der Waals surface area contributed by atoms with E-state index in [1.54, 1.807) is 0 Å². The van der Waals surface area contributed by atoms with Crippen LogP contribution in [0.2, 0.25) is 0 Å². The lowest BCUT2D eigenvalue weighted by Crippen LogP contribution is -2.32. The van der Waals surface area contributed by atoms with Gasteiger partial charge < -0.3 is 10.4 Å². The number of hydrogen-bond acceptors (Lipinski definition) is 3. The number of hydrogen-bond donors (Lipinski definition) is 2. The lowest BCUT2D eigenvalue weighted by Gasteiger charge is -2.15. The molecule has 1 aliphatic heterocycles. The number of likely N-dealkylation sites (tertiary alicyclic amines) is 1. The van der Waals surface area contributed by atoms with Gasteiger partial charge in [-0.2, -0.15) is 0 Å². The van der Waals surface area contributed by atoms with Gasteiger partial charge in [0.15, 0.2) is 0 Å². The molecule has 5 nitrogen and oxygen atoms in total. The zero-order chi connectivity index (χ0) is 14.7. The first-order valence-electron chi connectivity index (χ1n) is 6.47. The Labute approximate surface area is 126 Å². The number of rotatable bonds is 4. The van der Waals surface area contributed by atoms with Crippen molar-refractivity contribution < 1.29 is 14.7 Å². The molecule has 1 aliphatic rings. The summed E-state index contributed by atoms with van der Waals surface area (Å²) in [7, 11) is 0. The van der Waals surface area contributed by atoms with Gasteiger partial charge in [-0.15, -0.1) is 0 Å². The number of nitrogens with zero attached hydrogens (tertiary/aromatic N) is 1. The minimum Gasteiger partial charge on any atom is -0.481 e. The number of carbonyl (C=O) groups excluding carboxylic acids is 1. The van der Waals surface area contributed by atoms with E-state index in [9.17, 15) is 9.59 Å². The number of halogens is 1. The third-order valence-corrected chi connectivity index (χ3v) is 3.94. The molecule has 20 heavy (non-hydrogen) atoms. The molecular formula is C14H17BrN2O3. The summed E-state index contributed by atoms with van der Waals surface area (Å²) in [5.74, 6) is -1.24. The number of benzene rings is 1. The molecule has 1 aromatic rings. The molecule has 1 heterocycles. The zero-order valence-corrected chi connectivity index (χ0v) is 12.8. The average molecular weight is 341 g/mol. The van der Waals surface area contributed by atoms with Crippen LogP contribution in [0.1, 0.15) is 12.0 Å². The van der Waals surface area contributed by atoms with Crippen molar-refractivity contribution in [2.45, 2.75) is 13.3 Å². The molecule has 1 saturated heterocycles. The summed E-state index contributed by atoms with van der Waals surface area (Å²) in [4.78, 5) is 24.7. The minimum atomic E-state index is -0.781. The summed E-state index contributed by atoms with van der Waals surface area (Å²) in [6.07, 6.45) is 0.611. The molecule has 2 rings (SSSR count). The molecule has 0 spiro atoms. The summed E-state index contributed by atoms with van der Waals surface area (Å²) < 4.78 is 0.969. The fourth-order valence-electron chi connectivity index (χ4n) is 2.34. The number of aryl methyl sites for hydroxylation is 1. The fourth-order valence-corrected chi connectivity index (χ4v) is 2.81. The SMILES string of the molecule is Cc1cc(Br)ccc1NC(=O)CN1CCC(C(=O)O)C1. The van der Waals surface area contributed by atoms with Crippen molar-refractivity contribution in [3.63, 3.8) is 0 Å². The number of aliphatic carboxylic acids is 1. The summed E-state index contributed by atoms with van der Waals surface area (Å²) in [6.45, 7) is 3.27. The number of anilines is 1. The van der Waals surface area contributed by atoms with Crippen molar-refractivity contribution in [3.8, 4) is 0 Å². The van der Waals surface area contributed by atoms with Crippen LogP contribution in [-0.4, -0.2) is 41.5 Å². The van der Waals surface area contributed by atoms with Crippen LogP contribution in [0, 0.1) is 12.8 Å². The standard InChI is InChI=1S/C14H17BrN2O3/c1-9-6-11(15)2-3-12(9)16-13(18)8-17-5-4-10(7-17)14(19)20/h2-3,6,10H,4-5,7-8H2,1H3,(H,16,18)(H,19,20). The van der Waals surface area contributed by atoms with Crippen LogP contribution in [0.4, 0.5) is 5.69 Å². The van der Waals surface area contributed by atoms with Crippen LogP contribution in [-0.2, 0) is 9.59 Å². The quantitative estimate of drug-likeness (QED) is 0.880. The van der Waals surface area contributed by atoms with Crippen molar-refractivity contribution in [2.24, 2.45) is 5.92 Å². The molecule has 1 fully saturated rings. The highest BCUT2D eigenvalue weighted by Crippen LogP contribution is 2.20. The van der Waals surface area contributed by atoms with Gasteiger partial charge in [0.2, 0.25) is 5.91 Å². The van der Waals surface area contributed by atoms with E-state index in [-0.39, 0.29) is 18.4 Å². The fraction of sp³-hybridized carbons (Fsp3) is 0.429. The second kappa shape index (κ2) is 6.37. The van der Waals surface area contributed by atoms with Gasteiger partial charge in [-0.1, -0.05) is 15.9 Å². The van der Waals surface area contributed by atoms with Gasteiger partial charge in [0.25, 0.3) is 0 Å². The summed E-state index contributed by atoms with van der Waals surface area (Å²) >= 11 is 3.38. The molecule has 1 amide bonds. The molecule has 0 aliphatic carbocycles. The first-order valence-corrected chi connectivity index (χ1v) is 7.26. The van der Waals surface area contributed by atoms with Gasteiger partial charge in [0.1, 0.15) is 0 Å². The third kappa shape index (κ3) is 3.80. The monoisotopic (exact) mass is 340 g/mol. The Morgan fingerprint density at radius 2 is 2.25 bits per heavy atom. The zero-order valence-electron chi connectivity index (χ0n) is 11.2. The van der Waals surface area contributed by atoms with Crippen molar-refractivity contribution in [1.29, 1.82) is 0 Å². The largest absolute Gasteiger partial charge is 0.481 e. The third-order valence-electron chi connectivity index (χ3n) is 3.45. The van der Waals surface area contributed by atoms with E-state index < -0.39 is 5.97 Å². The Kier molecular flexibility index (Phi) is 4.77. The van der Waals surface area contributed by atoms with Crippen molar-refractivity contribution in [3.05, 3.63) is 28.2 Å². The highest BCUT2D eigenvalue weighted by molar-refractivity contribution is 9.10. The molecule has 1 unspecified atom stereocenters. The predicted octanol–water partition coefficient (Wildman–Crippen LogP) is 2.10. The lowest BCUT2D eigenvalue weighted by atomic mass is 10.1. The Balaban J connectivity index is 1.88. The maximum atomic E-state index is 12.0. The summed E-state index contributed by atoms with van der Waals surface area (Å²) in [5.41, 5.74) is 1.77. The smallest absolute Gasteiger partial charge is 0.307 e. The van der Waals surface area contributed by atoms with E-state index in [1.165, 1.54) is 0 Å². The van der Waals surface area contributed by atoms with Gasteiger partial charge in [-0.05, 0) is 43.7 Å². The molecule has 1 aromatic carbocycles. The average Bonchev–Trinajstić information content (AvgIpc) is 2.81. The molecule has 2 N–H and O–H groups in total. The van der Waals surface area contributed by atoms with Gasteiger partial charge in [0.05, 0.1) is 12.5 Å². The highest BCUT2D eigenvalue weighted by Gasteiger charge is 2.28. The van der Waals surface area contributed by atoms with E-state index in [0.717, 1.165) is 15.7 Å². The Hall–Kier alpha value is -1.40. The van der Waals surface area contributed by atoms with Crippen LogP contribution in [0.5, 0.6) is 0 Å². The molecule has 0 aromatic heterocycles. The Morgan fingerprint density at radius 3 is 2.85 bits per heavy atom. The van der Waals surface area contributed by atoms with Crippen LogP contribution >= 0.6 is 15.9 Å². The Bertz CT molecular complexity index is 533. The molecular weight excluding hydrogens is 324 g/mol. The van der Waals surface area contributed by atoms with Crippen LogP contribution in [0.15, 0.2) is 22.7 Å².